The van der Waals surface area contributed by atoms with Gasteiger partial charge in [0.15, 0.2) is 5.92 Å². The second-order valence-electron chi connectivity index (χ2n) is 3.07. The first kappa shape index (κ1) is 12.1. The molecular weight excluding hydrogens is 237 g/mol. The first-order valence-electron chi connectivity index (χ1n) is 4.10. The molecule has 0 radical (unpaired) electrons. The van der Waals surface area contributed by atoms with Gasteiger partial charge in [0.1, 0.15) is 0 Å². The summed E-state index contributed by atoms with van der Waals surface area (Å²) in [6.45, 7) is 0. The van der Waals surface area contributed by atoms with Crippen molar-refractivity contribution in [3.63, 3.8) is 0 Å². The Labute approximate surface area is 88.1 Å². The van der Waals surface area contributed by atoms with Gasteiger partial charge in [-0.15, -0.1) is 11.6 Å². The lowest BCUT2D eigenvalue weighted by molar-refractivity contribution is -0.189. The Morgan fingerprint density at radius 1 is 1.33 bits per heavy atom. The monoisotopic (exact) mass is 244 g/mol. The van der Waals surface area contributed by atoms with Crippen LogP contribution < -0.4 is 10.6 Å². The van der Waals surface area contributed by atoms with Crippen molar-refractivity contribution in [3.8, 4) is 0 Å². The lowest BCUT2D eigenvalue weighted by Crippen LogP contribution is -2.62. The van der Waals surface area contributed by atoms with Crippen molar-refractivity contribution in [3.05, 3.63) is 0 Å². The van der Waals surface area contributed by atoms with Crippen molar-refractivity contribution in [1.82, 2.24) is 10.6 Å². The number of halogens is 4. The lowest BCUT2D eigenvalue weighted by atomic mass is 9.94. The maximum absolute atomic E-state index is 12.4. The number of nitrogens with one attached hydrogen (secondary N) is 2. The van der Waals surface area contributed by atoms with E-state index in [9.17, 15) is 22.8 Å². The summed E-state index contributed by atoms with van der Waals surface area (Å²) in [5.41, 5.74) is 0. The summed E-state index contributed by atoms with van der Waals surface area (Å²) >= 11 is 5.30. The molecule has 8 heteroatoms. The molecule has 2 N–H and O–H groups in total. The third-order valence-corrected chi connectivity index (χ3v) is 2.23. The molecule has 0 aromatic rings. The van der Waals surface area contributed by atoms with Gasteiger partial charge in [0.2, 0.25) is 5.91 Å². The molecule has 1 saturated heterocycles. The molecule has 1 aliphatic rings. The number of urea groups is 1. The summed E-state index contributed by atoms with van der Waals surface area (Å²) in [5, 5.41) is 3.60. The molecule has 1 aliphatic heterocycles. The van der Waals surface area contributed by atoms with Gasteiger partial charge in [-0.1, -0.05) is 0 Å². The van der Waals surface area contributed by atoms with Crippen molar-refractivity contribution in [2.45, 2.75) is 18.6 Å². The third kappa shape index (κ3) is 2.74. The van der Waals surface area contributed by atoms with E-state index in [1.807, 2.05) is 5.32 Å². The van der Waals surface area contributed by atoms with Crippen LogP contribution in [0, 0.1) is 5.92 Å². The van der Waals surface area contributed by atoms with E-state index in [1.165, 1.54) is 0 Å². The SMILES string of the molecule is O=C1NC(=O)C(C(F)(F)F)C(CCCl)N1. The van der Waals surface area contributed by atoms with E-state index in [0.29, 0.717) is 0 Å². The molecule has 0 aromatic heterocycles. The van der Waals surface area contributed by atoms with E-state index in [4.69, 9.17) is 11.6 Å². The van der Waals surface area contributed by atoms with E-state index >= 15 is 0 Å². The Kier molecular flexibility index (Phi) is 3.43. The number of hydrogen-bond donors (Lipinski definition) is 2. The quantitative estimate of drug-likeness (QED) is 0.712. The second-order valence-corrected chi connectivity index (χ2v) is 3.44. The van der Waals surface area contributed by atoms with Crippen LogP contribution in [0.4, 0.5) is 18.0 Å². The zero-order chi connectivity index (χ0) is 11.6. The van der Waals surface area contributed by atoms with Gasteiger partial charge in [-0.3, -0.25) is 10.1 Å². The fourth-order valence-electron chi connectivity index (χ4n) is 1.39. The number of amides is 3. The topological polar surface area (TPSA) is 58.2 Å². The summed E-state index contributed by atoms with van der Waals surface area (Å²) in [7, 11) is 0. The van der Waals surface area contributed by atoms with Crippen LogP contribution in [0.1, 0.15) is 6.42 Å². The molecule has 86 valence electrons. The van der Waals surface area contributed by atoms with Crippen molar-refractivity contribution in [1.29, 1.82) is 0 Å². The molecule has 2 atom stereocenters. The minimum atomic E-state index is -4.69. The highest BCUT2D eigenvalue weighted by Crippen LogP contribution is 2.31. The van der Waals surface area contributed by atoms with Gasteiger partial charge >= 0.3 is 12.2 Å². The number of alkyl halides is 4. The molecule has 0 saturated carbocycles. The minimum Gasteiger partial charge on any atom is -0.334 e. The van der Waals surface area contributed by atoms with Crippen LogP contribution in [-0.4, -0.2) is 30.0 Å². The number of carbonyl (C=O) groups is 2. The van der Waals surface area contributed by atoms with Crippen LogP contribution in [0.15, 0.2) is 0 Å². The third-order valence-electron chi connectivity index (χ3n) is 2.01. The molecule has 2 unspecified atom stereocenters. The first-order valence-corrected chi connectivity index (χ1v) is 4.63. The summed E-state index contributed by atoms with van der Waals surface area (Å²) in [6.07, 6.45) is -4.79. The Balaban J connectivity index is 2.87. The predicted molar refractivity (Wildman–Crippen MR) is 45.3 cm³/mol. The van der Waals surface area contributed by atoms with Crippen LogP contribution in [0.25, 0.3) is 0 Å². The summed E-state index contributed by atoms with van der Waals surface area (Å²) < 4.78 is 37.3. The Morgan fingerprint density at radius 2 is 1.93 bits per heavy atom. The van der Waals surface area contributed by atoms with Gasteiger partial charge in [-0.05, 0) is 6.42 Å². The highest BCUT2D eigenvalue weighted by atomic mass is 35.5. The zero-order valence-corrected chi connectivity index (χ0v) is 8.15. The highest BCUT2D eigenvalue weighted by molar-refractivity contribution is 6.17. The van der Waals surface area contributed by atoms with Crippen molar-refractivity contribution in [2.24, 2.45) is 5.92 Å². The Bertz CT molecular complexity index is 282. The van der Waals surface area contributed by atoms with Gasteiger partial charge in [-0.25, -0.2) is 4.79 Å². The molecule has 1 rings (SSSR count). The first-order chi connectivity index (χ1) is 6.86. The van der Waals surface area contributed by atoms with E-state index in [2.05, 4.69) is 0 Å². The van der Waals surface area contributed by atoms with E-state index in [1.54, 1.807) is 5.32 Å². The lowest BCUT2D eigenvalue weighted by Gasteiger charge is -2.32. The van der Waals surface area contributed by atoms with Crippen LogP contribution in [0.5, 0.6) is 0 Å². The molecule has 1 fully saturated rings. The number of rotatable bonds is 2. The molecular formula is C7H8ClF3N2O2. The molecule has 1 heterocycles. The zero-order valence-electron chi connectivity index (χ0n) is 7.40. The Morgan fingerprint density at radius 3 is 2.40 bits per heavy atom. The van der Waals surface area contributed by atoms with Crippen LogP contribution in [-0.2, 0) is 4.79 Å². The largest absolute Gasteiger partial charge is 0.402 e. The smallest absolute Gasteiger partial charge is 0.334 e. The summed E-state index contributed by atoms with van der Waals surface area (Å²) in [5.74, 6) is -3.62. The van der Waals surface area contributed by atoms with Crippen molar-refractivity contribution in [2.75, 3.05) is 5.88 Å². The van der Waals surface area contributed by atoms with Gasteiger partial charge in [0.25, 0.3) is 0 Å². The van der Waals surface area contributed by atoms with Crippen molar-refractivity contribution < 1.29 is 22.8 Å². The molecule has 15 heavy (non-hydrogen) atoms. The predicted octanol–water partition coefficient (Wildman–Crippen LogP) is 1.00. The second kappa shape index (κ2) is 4.26. The number of imide groups is 1. The normalized spacial score (nSPS) is 27.2. The van der Waals surface area contributed by atoms with E-state index in [0.717, 1.165) is 0 Å². The Hall–Kier alpha value is -0.980. The average Bonchev–Trinajstić information content (AvgIpc) is 1.99. The van der Waals surface area contributed by atoms with E-state index in [-0.39, 0.29) is 12.3 Å². The summed E-state index contributed by atoms with van der Waals surface area (Å²) in [6, 6.07) is -2.21. The van der Waals surface area contributed by atoms with E-state index < -0.39 is 30.1 Å². The van der Waals surface area contributed by atoms with Gasteiger partial charge in [0, 0.05) is 5.88 Å². The maximum atomic E-state index is 12.4. The average molecular weight is 245 g/mol. The van der Waals surface area contributed by atoms with Gasteiger partial charge in [0.05, 0.1) is 6.04 Å². The van der Waals surface area contributed by atoms with Gasteiger partial charge < -0.3 is 5.32 Å². The van der Waals surface area contributed by atoms with Crippen molar-refractivity contribution >= 4 is 23.5 Å². The molecule has 0 aliphatic carbocycles. The number of hydrogen-bond acceptors (Lipinski definition) is 2. The minimum absolute atomic E-state index is 0.0647. The highest BCUT2D eigenvalue weighted by Gasteiger charge is 2.52. The molecule has 0 bridgehead atoms. The standard InChI is InChI=1S/C7H8ClF3N2O2/c8-2-1-3-4(7(9,10)11)5(14)13-6(15)12-3/h3-4H,1-2H2,(H2,12,13,14,15). The van der Waals surface area contributed by atoms with Gasteiger partial charge in [-0.2, -0.15) is 13.2 Å². The fourth-order valence-corrected chi connectivity index (χ4v) is 1.63. The fraction of sp³-hybridized carbons (Fsp3) is 0.714. The van der Waals surface area contributed by atoms with Crippen LogP contribution in [0.3, 0.4) is 0 Å². The molecule has 0 spiro atoms. The summed E-state index contributed by atoms with van der Waals surface area (Å²) in [4.78, 5) is 21.8. The molecule has 3 amide bonds. The maximum Gasteiger partial charge on any atom is 0.402 e. The van der Waals surface area contributed by atoms with Crippen LogP contribution >= 0.6 is 11.6 Å². The van der Waals surface area contributed by atoms with Crippen LogP contribution in [0.2, 0.25) is 0 Å². The molecule has 0 aromatic carbocycles. The molecule has 4 nitrogen and oxygen atoms in total. The number of carbonyl (C=O) groups excluding carboxylic acids is 2.